The molecule has 1 N–H and O–H groups in total. The minimum Gasteiger partial charge on any atom is -0.392 e. The zero-order valence-corrected chi connectivity index (χ0v) is 13.5. The lowest BCUT2D eigenvalue weighted by atomic mass is 10.0. The molecule has 4 nitrogen and oxygen atoms in total. The van der Waals surface area contributed by atoms with Gasteiger partial charge in [-0.2, -0.15) is 4.31 Å². The van der Waals surface area contributed by atoms with Crippen molar-refractivity contribution in [1.29, 1.82) is 0 Å². The first-order valence-electron chi connectivity index (χ1n) is 6.21. The first-order valence-corrected chi connectivity index (χ1v) is 8.44. The third-order valence-corrected chi connectivity index (χ3v) is 6.68. The van der Waals surface area contributed by atoms with E-state index < -0.39 is 10.0 Å². The Bertz CT molecular complexity index is 584. The summed E-state index contributed by atoms with van der Waals surface area (Å²) in [6.45, 7) is 4.27. The smallest absolute Gasteiger partial charge is 0.244 e. The van der Waals surface area contributed by atoms with E-state index >= 15 is 0 Å². The van der Waals surface area contributed by atoms with Crippen molar-refractivity contribution >= 4 is 26.0 Å². The second-order valence-corrected chi connectivity index (χ2v) is 8.10. The topological polar surface area (TPSA) is 57.6 Å². The summed E-state index contributed by atoms with van der Waals surface area (Å²) in [7, 11) is -3.53. The second kappa shape index (κ2) is 5.16. The fourth-order valence-corrected chi connectivity index (χ4v) is 5.31. The number of rotatable bonds is 3. The van der Waals surface area contributed by atoms with Gasteiger partial charge in [-0.15, -0.1) is 0 Å². The highest BCUT2D eigenvalue weighted by Crippen LogP contribution is 2.36. The summed E-state index contributed by atoms with van der Waals surface area (Å²) in [6.07, 6.45) is 1.74. The molecule has 106 valence electrons. The molecule has 0 radical (unpaired) electrons. The highest BCUT2D eigenvalue weighted by Gasteiger charge is 2.41. The molecule has 0 bridgehead atoms. The van der Waals surface area contributed by atoms with Crippen LogP contribution in [-0.2, 0) is 16.6 Å². The molecule has 0 atom stereocenters. The Kier molecular flexibility index (Phi) is 4.07. The highest BCUT2D eigenvalue weighted by atomic mass is 79.9. The summed E-state index contributed by atoms with van der Waals surface area (Å²) in [5, 5.41) is 9.16. The van der Waals surface area contributed by atoms with Gasteiger partial charge < -0.3 is 5.11 Å². The predicted molar refractivity (Wildman–Crippen MR) is 77.3 cm³/mol. The molecule has 0 unspecified atom stereocenters. The van der Waals surface area contributed by atoms with Crippen molar-refractivity contribution in [1.82, 2.24) is 4.31 Å². The largest absolute Gasteiger partial charge is 0.392 e. The van der Waals surface area contributed by atoms with Crippen LogP contribution in [0.15, 0.2) is 27.6 Å². The molecule has 6 heteroatoms. The van der Waals surface area contributed by atoms with Crippen LogP contribution in [0.2, 0.25) is 0 Å². The van der Waals surface area contributed by atoms with Crippen LogP contribution >= 0.6 is 15.9 Å². The van der Waals surface area contributed by atoms with Crippen LogP contribution in [0.5, 0.6) is 0 Å². The van der Waals surface area contributed by atoms with E-state index in [-0.39, 0.29) is 17.0 Å². The monoisotopic (exact) mass is 347 g/mol. The fourth-order valence-electron chi connectivity index (χ4n) is 2.49. The average molecular weight is 348 g/mol. The van der Waals surface area contributed by atoms with Gasteiger partial charge in [-0.1, -0.05) is 6.07 Å². The number of benzene rings is 1. The third kappa shape index (κ3) is 2.72. The Morgan fingerprint density at radius 3 is 2.63 bits per heavy atom. The maximum atomic E-state index is 12.8. The SMILES string of the molecule is CC1(C)CCCN1S(=O)(=O)c1cc(CO)ccc1Br. The average Bonchev–Trinajstić information content (AvgIpc) is 2.70. The van der Waals surface area contributed by atoms with Crippen LogP contribution in [0.25, 0.3) is 0 Å². The van der Waals surface area contributed by atoms with E-state index in [0.717, 1.165) is 12.8 Å². The van der Waals surface area contributed by atoms with Gasteiger partial charge in [0.25, 0.3) is 0 Å². The van der Waals surface area contributed by atoms with Crippen molar-refractivity contribution in [3.8, 4) is 0 Å². The van der Waals surface area contributed by atoms with Gasteiger partial charge in [-0.3, -0.25) is 0 Å². The molecule has 19 heavy (non-hydrogen) atoms. The Balaban J connectivity index is 2.51. The molecule has 2 rings (SSSR count). The quantitative estimate of drug-likeness (QED) is 0.913. The third-order valence-electron chi connectivity index (χ3n) is 3.57. The van der Waals surface area contributed by atoms with Crippen LogP contribution < -0.4 is 0 Å². The Morgan fingerprint density at radius 2 is 2.11 bits per heavy atom. The Morgan fingerprint density at radius 1 is 1.42 bits per heavy atom. The van der Waals surface area contributed by atoms with Crippen LogP contribution in [0.3, 0.4) is 0 Å². The van der Waals surface area contributed by atoms with Crippen molar-refractivity contribution in [2.75, 3.05) is 6.54 Å². The molecule has 0 aliphatic carbocycles. The van der Waals surface area contributed by atoms with Crippen molar-refractivity contribution in [3.05, 3.63) is 28.2 Å². The molecule has 0 amide bonds. The summed E-state index contributed by atoms with van der Waals surface area (Å²) < 4.78 is 27.6. The molecule has 0 aromatic heterocycles. The maximum absolute atomic E-state index is 12.8. The number of aliphatic hydroxyl groups is 1. The predicted octanol–water partition coefficient (Wildman–Crippen LogP) is 2.50. The normalized spacial score (nSPS) is 19.8. The summed E-state index contributed by atoms with van der Waals surface area (Å²) in [4.78, 5) is 0.231. The minimum atomic E-state index is -3.53. The highest BCUT2D eigenvalue weighted by molar-refractivity contribution is 9.10. The molecule has 1 aromatic carbocycles. The minimum absolute atomic E-state index is 0.167. The molecular formula is C13H18BrNO3S. The van der Waals surface area contributed by atoms with Gasteiger partial charge >= 0.3 is 0 Å². The maximum Gasteiger partial charge on any atom is 0.244 e. The molecule has 1 aliphatic heterocycles. The van der Waals surface area contributed by atoms with Crippen LogP contribution in [0.1, 0.15) is 32.3 Å². The van der Waals surface area contributed by atoms with Crippen molar-refractivity contribution in [3.63, 3.8) is 0 Å². The lowest BCUT2D eigenvalue weighted by Crippen LogP contribution is -2.42. The van der Waals surface area contributed by atoms with Crippen LogP contribution in [0.4, 0.5) is 0 Å². The molecule has 1 heterocycles. The van der Waals surface area contributed by atoms with Crippen LogP contribution in [-0.4, -0.2) is 29.9 Å². The van der Waals surface area contributed by atoms with Gasteiger partial charge in [0.1, 0.15) is 0 Å². The van der Waals surface area contributed by atoms with Crippen molar-refractivity contribution in [2.24, 2.45) is 0 Å². The lowest BCUT2D eigenvalue weighted by molar-refractivity contribution is 0.281. The fraction of sp³-hybridized carbons (Fsp3) is 0.538. The van der Waals surface area contributed by atoms with E-state index in [1.807, 2.05) is 13.8 Å². The van der Waals surface area contributed by atoms with Gasteiger partial charge in [-0.25, -0.2) is 8.42 Å². The number of sulfonamides is 1. The second-order valence-electron chi connectivity index (χ2n) is 5.42. The molecular weight excluding hydrogens is 330 g/mol. The van der Waals surface area contributed by atoms with E-state index in [1.165, 1.54) is 6.07 Å². The summed E-state index contributed by atoms with van der Waals surface area (Å²) in [6, 6.07) is 4.91. The lowest BCUT2D eigenvalue weighted by Gasteiger charge is -2.31. The summed E-state index contributed by atoms with van der Waals surface area (Å²) in [5.41, 5.74) is 0.242. The van der Waals surface area contributed by atoms with Crippen LogP contribution in [0, 0.1) is 0 Å². The zero-order chi connectivity index (χ0) is 14.3. The first kappa shape index (κ1) is 15.0. The van der Waals surface area contributed by atoms with Gasteiger partial charge in [0.2, 0.25) is 10.0 Å². The first-order chi connectivity index (χ1) is 8.79. The van der Waals surface area contributed by atoms with E-state index in [9.17, 15) is 8.42 Å². The Labute approximate surface area is 122 Å². The molecule has 0 saturated carbocycles. The van der Waals surface area contributed by atoms with Gasteiger partial charge in [0.05, 0.1) is 11.5 Å². The van der Waals surface area contributed by atoms with Gasteiger partial charge in [0, 0.05) is 16.6 Å². The van der Waals surface area contributed by atoms with E-state index in [2.05, 4.69) is 15.9 Å². The summed E-state index contributed by atoms with van der Waals surface area (Å²) >= 11 is 3.29. The Hall–Kier alpha value is -0.430. The number of hydrogen-bond acceptors (Lipinski definition) is 3. The number of halogens is 1. The molecule has 1 aliphatic rings. The van der Waals surface area contributed by atoms with Gasteiger partial charge in [0.15, 0.2) is 0 Å². The number of hydrogen-bond donors (Lipinski definition) is 1. The summed E-state index contributed by atoms with van der Waals surface area (Å²) in [5.74, 6) is 0. The molecule has 1 saturated heterocycles. The van der Waals surface area contributed by atoms with E-state index in [1.54, 1.807) is 16.4 Å². The van der Waals surface area contributed by atoms with E-state index in [4.69, 9.17) is 5.11 Å². The molecule has 1 aromatic rings. The van der Waals surface area contributed by atoms with Crippen molar-refractivity contribution < 1.29 is 13.5 Å². The molecule has 1 fully saturated rings. The molecule has 0 spiro atoms. The van der Waals surface area contributed by atoms with Gasteiger partial charge in [-0.05, 0) is 60.3 Å². The number of nitrogens with zero attached hydrogens (tertiary/aromatic N) is 1. The number of aliphatic hydroxyl groups excluding tert-OH is 1. The zero-order valence-electron chi connectivity index (χ0n) is 11.1. The van der Waals surface area contributed by atoms with Crippen molar-refractivity contribution in [2.45, 2.75) is 43.7 Å². The van der Waals surface area contributed by atoms with E-state index in [0.29, 0.717) is 16.6 Å². The standard InChI is InChI=1S/C13H18BrNO3S/c1-13(2)6-3-7-15(13)19(17,18)12-8-10(9-16)4-5-11(12)14/h4-5,8,16H,3,6-7,9H2,1-2H3.